The van der Waals surface area contributed by atoms with E-state index in [0.29, 0.717) is 12.8 Å². The molecule has 0 aliphatic carbocycles. The van der Waals surface area contributed by atoms with Gasteiger partial charge in [-0.1, -0.05) is 6.07 Å². The van der Waals surface area contributed by atoms with Crippen molar-refractivity contribution in [2.24, 2.45) is 7.05 Å². The number of hydrogen-bond acceptors (Lipinski definition) is 3. The summed E-state index contributed by atoms with van der Waals surface area (Å²) in [6, 6.07) is 7.68. The van der Waals surface area contributed by atoms with Gasteiger partial charge in [0.15, 0.2) is 0 Å². The molecule has 0 fully saturated rings. The third-order valence-electron chi connectivity index (χ3n) is 3.26. The maximum absolute atomic E-state index is 11.9. The number of rotatable bonds is 5. The smallest absolute Gasteiger partial charge is 0.220 e. The molecular weight excluding hydrogens is 252 g/mol. The molecule has 5 nitrogen and oxygen atoms in total. The fourth-order valence-corrected chi connectivity index (χ4v) is 2.08. The summed E-state index contributed by atoms with van der Waals surface area (Å²) in [5.74, 6) is 0.0296. The van der Waals surface area contributed by atoms with Crippen molar-refractivity contribution in [1.82, 2.24) is 20.1 Å². The highest BCUT2D eigenvalue weighted by Gasteiger charge is 2.11. The first kappa shape index (κ1) is 14.2. The molecule has 0 bridgehead atoms. The van der Waals surface area contributed by atoms with Crippen LogP contribution in [0.3, 0.4) is 0 Å². The highest BCUT2D eigenvalue weighted by atomic mass is 16.1. The summed E-state index contributed by atoms with van der Waals surface area (Å²) in [5, 5.41) is 7.06. The fraction of sp³-hybridized carbons (Fsp3) is 0.400. The first-order chi connectivity index (χ1) is 9.56. The molecular formula is C15H20N4O. The van der Waals surface area contributed by atoms with E-state index >= 15 is 0 Å². The number of carbonyl (C=O) groups is 1. The Morgan fingerprint density at radius 3 is 2.85 bits per heavy atom. The van der Waals surface area contributed by atoms with E-state index in [1.165, 1.54) is 0 Å². The van der Waals surface area contributed by atoms with Gasteiger partial charge in [-0.25, -0.2) is 0 Å². The molecule has 0 spiro atoms. The van der Waals surface area contributed by atoms with Crippen LogP contribution < -0.4 is 5.32 Å². The van der Waals surface area contributed by atoms with Crippen molar-refractivity contribution >= 4 is 5.91 Å². The second kappa shape index (κ2) is 6.32. The number of carbonyl (C=O) groups excluding carboxylic acids is 1. The predicted octanol–water partition coefficient (Wildman–Crippen LogP) is 1.93. The molecule has 1 atom stereocenters. The van der Waals surface area contributed by atoms with Crippen LogP contribution in [0.2, 0.25) is 0 Å². The van der Waals surface area contributed by atoms with Gasteiger partial charge in [0, 0.05) is 31.1 Å². The van der Waals surface area contributed by atoms with Crippen molar-refractivity contribution in [3.8, 4) is 0 Å². The molecule has 0 aliphatic rings. The van der Waals surface area contributed by atoms with Crippen molar-refractivity contribution in [3.63, 3.8) is 0 Å². The average Bonchev–Trinajstić information content (AvgIpc) is 2.82. The Hall–Kier alpha value is -2.17. The minimum atomic E-state index is -0.0751. The Labute approximate surface area is 119 Å². The number of amides is 1. The molecule has 2 rings (SSSR count). The Balaban J connectivity index is 1.87. The minimum Gasteiger partial charge on any atom is -0.348 e. The lowest BCUT2D eigenvalue weighted by atomic mass is 10.1. The van der Waals surface area contributed by atoms with Crippen LogP contribution in [0.4, 0.5) is 0 Å². The van der Waals surface area contributed by atoms with Gasteiger partial charge in [0.25, 0.3) is 0 Å². The number of aromatic nitrogens is 3. The normalized spacial score (nSPS) is 12.2. The van der Waals surface area contributed by atoms with Crippen molar-refractivity contribution in [2.45, 2.75) is 32.7 Å². The molecule has 2 aromatic heterocycles. The van der Waals surface area contributed by atoms with Gasteiger partial charge in [-0.15, -0.1) is 0 Å². The van der Waals surface area contributed by atoms with E-state index in [1.807, 2.05) is 45.2 Å². The zero-order chi connectivity index (χ0) is 14.5. The van der Waals surface area contributed by atoms with E-state index in [0.717, 1.165) is 17.1 Å². The van der Waals surface area contributed by atoms with Gasteiger partial charge in [0.1, 0.15) is 0 Å². The summed E-state index contributed by atoms with van der Waals surface area (Å²) in [6.07, 6.45) is 2.89. The van der Waals surface area contributed by atoms with Crippen LogP contribution in [0.15, 0.2) is 30.5 Å². The van der Waals surface area contributed by atoms with E-state index in [1.54, 1.807) is 10.9 Å². The molecule has 2 aromatic rings. The topological polar surface area (TPSA) is 59.8 Å². The van der Waals surface area contributed by atoms with Crippen molar-refractivity contribution < 1.29 is 4.79 Å². The van der Waals surface area contributed by atoms with Gasteiger partial charge in [0.2, 0.25) is 5.91 Å². The molecule has 1 N–H and O–H groups in total. The number of hydrogen-bond donors (Lipinski definition) is 1. The number of aryl methyl sites for hydroxylation is 3. The van der Waals surface area contributed by atoms with Crippen molar-refractivity contribution in [3.05, 3.63) is 47.5 Å². The lowest BCUT2D eigenvalue weighted by molar-refractivity contribution is -0.121. The Morgan fingerprint density at radius 2 is 2.20 bits per heavy atom. The van der Waals surface area contributed by atoms with Crippen LogP contribution in [-0.2, 0) is 18.3 Å². The van der Waals surface area contributed by atoms with Gasteiger partial charge in [-0.05, 0) is 38.5 Å². The van der Waals surface area contributed by atoms with Crippen LogP contribution in [0.1, 0.15) is 36.5 Å². The highest BCUT2D eigenvalue weighted by molar-refractivity contribution is 5.76. The minimum absolute atomic E-state index is 0.0296. The van der Waals surface area contributed by atoms with E-state index in [9.17, 15) is 4.79 Å². The summed E-state index contributed by atoms with van der Waals surface area (Å²) in [4.78, 5) is 16.4. The van der Waals surface area contributed by atoms with Crippen LogP contribution >= 0.6 is 0 Å². The molecule has 1 unspecified atom stereocenters. The largest absolute Gasteiger partial charge is 0.348 e. The van der Waals surface area contributed by atoms with E-state index in [4.69, 9.17) is 0 Å². The van der Waals surface area contributed by atoms with Gasteiger partial charge in [-0.2, -0.15) is 5.10 Å². The zero-order valence-electron chi connectivity index (χ0n) is 12.1. The van der Waals surface area contributed by atoms with Gasteiger partial charge in [-0.3, -0.25) is 14.5 Å². The van der Waals surface area contributed by atoms with E-state index in [2.05, 4.69) is 15.4 Å². The molecule has 20 heavy (non-hydrogen) atoms. The van der Waals surface area contributed by atoms with Crippen LogP contribution in [0, 0.1) is 6.92 Å². The standard InChI is InChI=1S/C15H20N4O/c1-11-5-4-6-14(17-11)12(2)18-15(20)8-7-13-9-10-16-19(13)3/h4-6,9-10,12H,7-8H2,1-3H3,(H,18,20). The number of nitrogens with one attached hydrogen (secondary N) is 1. The Bertz CT molecular complexity index is 591. The third-order valence-corrected chi connectivity index (χ3v) is 3.26. The third kappa shape index (κ3) is 3.66. The fourth-order valence-electron chi connectivity index (χ4n) is 2.08. The molecule has 0 radical (unpaired) electrons. The second-order valence-corrected chi connectivity index (χ2v) is 4.94. The highest BCUT2D eigenvalue weighted by Crippen LogP contribution is 2.10. The van der Waals surface area contributed by atoms with Crippen LogP contribution in [0.5, 0.6) is 0 Å². The van der Waals surface area contributed by atoms with Crippen molar-refractivity contribution in [2.75, 3.05) is 0 Å². The van der Waals surface area contributed by atoms with Gasteiger partial charge < -0.3 is 5.32 Å². The Kier molecular flexibility index (Phi) is 4.50. The monoisotopic (exact) mass is 272 g/mol. The summed E-state index contributed by atoms with van der Waals surface area (Å²) in [5.41, 5.74) is 2.90. The molecule has 1 amide bonds. The summed E-state index contributed by atoms with van der Waals surface area (Å²) < 4.78 is 1.79. The van der Waals surface area contributed by atoms with Crippen LogP contribution in [-0.4, -0.2) is 20.7 Å². The molecule has 0 aliphatic heterocycles. The molecule has 5 heteroatoms. The average molecular weight is 272 g/mol. The lowest BCUT2D eigenvalue weighted by Gasteiger charge is -2.14. The molecule has 106 valence electrons. The summed E-state index contributed by atoms with van der Waals surface area (Å²) in [7, 11) is 1.88. The summed E-state index contributed by atoms with van der Waals surface area (Å²) >= 11 is 0. The number of pyridine rings is 1. The first-order valence-corrected chi connectivity index (χ1v) is 6.76. The molecule has 2 heterocycles. The van der Waals surface area contributed by atoms with Crippen molar-refractivity contribution in [1.29, 1.82) is 0 Å². The predicted molar refractivity (Wildman–Crippen MR) is 77.1 cm³/mol. The SMILES string of the molecule is Cc1cccc(C(C)NC(=O)CCc2ccnn2C)n1. The van der Waals surface area contributed by atoms with E-state index in [-0.39, 0.29) is 11.9 Å². The Morgan fingerprint density at radius 1 is 1.40 bits per heavy atom. The van der Waals surface area contributed by atoms with Gasteiger partial charge in [0.05, 0.1) is 11.7 Å². The molecule has 0 aromatic carbocycles. The zero-order valence-corrected chi connectivity index (χ0v) is 12.1. The molecule has 0 saturated carbocycles. The molecule has 0 saturated heterocycles. The second-order valence-electron chi connectivity index (χ2n) is 4.94. The maximum Gasteiger partial charge on any atom is 0.220 e. The van der Waals surface area contributed by atoms with Crippen LogP contribution in [0.25, 0.3) is 0 Å². The van der Waals surface area contributed by atoms with Gasteiger partial charge >= 0.3 is 0 Å². The maximum atomic E-state index is 11.9. The summed E-state index contributed by atoms with van der Waals surface area (Å²) in [6.45, 7) is 3.89. The van der Waals surface area contributed by atoms with E-state index < -0.39 is 0 Å². The quantitative estimate of drug-likeness (QED) is 0.904. The lowest BCUT2D eigenvalue weighted by Crippen LogP contribution is -2.27. The first-order valence-electron chi connectivity index (χ1n) is 6.76. The number of nitrogens with zero attached hydrogens (tertiary/aromatic N) is 3.